The summed E-state index contributed by atoms with van der Waals surface area (Å²) in [5, 5.41) is 6.00. The summed E-state index contributed by atoms with van der Waals surface area (Å²) in [6, 6.07) is 8.30. The molecule has 3 nitrogen and oxygen atoms in total. The molecule has 1 unspecified atom stereocenters. The SMILES string of the molecule is CC1(C)CCC(NC(=O)Nc2ccc(C(C)(C)C)cc2)C1. The van der Waals surface area contributed by atoms with Crippen molar-refractivity contribution < 1.29 is 4.79 Å². The first-order valence-electron chi connectivity index (χ1n) is 7.84. The number of carbonyl (C=O) groups excluding carboxylic acids is 1. The topological polar surface area (TPSA) is 41.1 Å². The second-order valence-corrected chi connectivity index (χ2v) is 8.03. The molecule has 2 amide bonds. The highest BCUT2D eigenvalue weighted by Gasteiger charge is 2.31. The van der Waals surface area contributed by atoms with Gasteiger partial charge in [-0.3, -0.25) is 0 Å². The van der Waals surface area contributed by atoms with E-state index >= 15 is 0 Å². The number of amides is 2. The predicted octanol–water partition coefficient (Wildman–Crippen LogP) is 4.68. The van der Waals surface area contributed by atoms with E-state index in [4.69, 9.17) is 0 Å². The van der Waals surface area contributed by atoms with Crippen LogP contribution in [0.25, 0.3) is 0 Å². The number of carbonyl (C=O) groups is 1. The maximum absolute atomic E-state index is 12.0. The Balaban J connectivity index is 1.88. The third-order valence-corrected chi connectivity index (χ3v) is 4.31. The van der Waals surface area contributed by atoms with Gasteiger partial charge in [-0.1, -0.05) is 46.8 Å². The summed E-state index contributed by atoms with van der Waals surface area (Å²) in [4.78, 5) is 12.0. The molecule has 0 spiro atoms. The normalized spacial score (nSPS) is 21.1. The third-order valence-electron chi connectivity index (χ3n) is 4.31. The Labute approximate surface area is 128 Å². The first-order valence-corrected chi connectivity index (χ1v) is 7.84. The standard InChI is InChI=1S/C18H28N2O/c1-17(2,3)13-6-8-14(9-7-13)19-16(21)20-15-10-11-18(4,5)12-15/h6-9,15H,10-12H2,1-5H3,(H2,19,20,21). The highest BCUT2D eigenvalue weighted by Crippen LogP contribution is 2.36. The summed E-state index contributed by atoms with van der Waals surface area (Å²) in [6.07, 6.45) is 3.31. The number of hydrogen-bond donors (Lipinski definition) is 2. The van der Waals surface area contributed by atoms with E-state index in [0.717, 1.165) is 18.5 Å². The molecule has 21 heavy (non-hydrogen) atoms. The van der Waals surface area contributed by atoms with Crippen molar-refractivity contribution in [1.29, 1.82) is 0 Å². The summed E-state index contributed by atoms with van der Waals surface area (Å²) < 4.78 is 0. The molecule has 1 atom stereocenters. The van der Waals surface area contributed by atoms with E-state index in [0.29, 0.717) is 11.5 Å². The van der Waals surface area contributed by atoms with Gasteiger partial charge in [0.2, 0.25) is 0 Å². The maximum Gasteiger partial charge on any atom is 0.319 e. The minimum Gasteiger partial charge on any atom is -0.335 e. The molecular weight excluding hydrogens is 260 g/mol. The van der Waals surface area contributed by atoms with E-state index in [2.05, 4.69) is 57.4 Å². The lowest BCUT2D eigenvalue weighted by Gasteiger charge is -2.20. The zero-order valence-electron chi connectivity index (χ0n) is 13.9. The van der Waals surface area contributed by atoms with Crippen LogP contribution in [0.5, 0.6) is 0 Å². The van der Waals surface area contributed by atoms with Crippen LogP contribution in [0.3, 0.4) is 0 Å². The average molecular weight is 288 g/mol. The first-order chi connectivity index (χ1) is 9.66. The molecule has 2 rings (SSSR count). The van der Waals surface area contributed by atoms with Crippen LogP contribution >= 0.6 is 0 Å². The van der Waals surface area contributed by atoms with Gasteiger partial charge in [0.15, 0.2) is 0 Å². The molecule has 2 N–H and O–H groups in total. The van der Waals surface area contributed by atoms with Gasteiger partial charge in [-0.15, -0.1) is 0 Å². The van der Waals surface area contributed by atoms with Gasteiger partial charge < -0.3 is 10.6 Å². The number of benzene rings is 1. The second-order valence-electron chi connectivity index (χ2n) is 8.03. The van der Waals surface area contributed by atoms with Crippen molar-refractivity contribution in [2.75, 3.05) is 5.32 Å². The lowest BCUT2D eigenvalue weighted by atomic mass is 9.87. The third kappa shape index (κ3) is 4.48. The number of anilines is 1. The Kier molecular flexibility index (Phi) is 4.31. The molecule has 1 saturated carbocycles. The van der Waals surface area contributed by atoms with Gasteiger partial charge in [0.05, 0.1) is 0 Å². The fourth-order valence-corrected chi connectivity index (χ4v) is 2.97. The van der Waals surface area contributed by atoms with Gasteiger partial charge in [0, 0.05) is 11.7 Å². The average Bonchev–Trinajstić information content (AvgIpc) is 2.68. The van der Waals surface area contributed by atoms with Crippen LogP contribution in [0.15, 0.2) is 24.3 Å². The smallest absolute Gasteiger partial charge is 0.319 e. The van der Waals surface area contributed by atoms with E-state index in [1.807, 2.05) is 12.1 Å². The molecule has 1 fully saturated rings. The Morgan fingerprint density at radius 1 is 1.19 bits per heavy atom. The van der Waals surface area contributed by atoms with E-state index in [1.165, 1.54) is 12.0 Å². The molecular formula is C18H28N2O. The molecule has 0 heterocycles. The molecule has 0 aromatic heterocycles. The van der Waals surface area contributed by atoms with Crippen molar-refractivity contribution in [1.82, 2.24) is 5.32 Å². The van der Waals surface area contributed by atoms with Gasteiger partial charge in [-0.05, 0) is 47.8 Å². The van der Waals surface area contributed by atoms with Crippen LogP contribution in [0.1, 0.15) is 59.4 Å². The minimum absolute atomic E-state index is 0.0961. The molecule has 0 radical (unpaired) electrons. The van der Waals surface area contributed by atoms with Crippen molar-refractivity contribution in [2.45, 2.75) is 65.3 Å². The highest BCUT2D eigenvalue weighted by atomic mass is 16.2. The van der Waals surface area contributed by atoms with Gasteiger partial charge >= 0.3 is 6.03 Å². The van der Waals surface area contributed by atoms with Crippen LogP contribution in [0.2, 0.25) is 0 Å². The van der Waals surface area contributed by atoms with Crippen molar-refractivity contribution in [3.63, 3.8) is 0 Å². The molecule has 1 aliphatic carbocycles. The lowest BCUT2D eigenvalue weighted by Crippen LogP contribution is -2.36. The van der Waals surface area contributed by atoms with Crippen LogP contribution < -0.4 is 10.6 Å². The van der Waals surface area contributed by atoms with Gasteiger partial charge in [0.25, 0.3) is 0 Å². The Morgan fingerprint density at radius 2 is 1.81 bits per heavy atom. The van der Waals surface area contributed by atoms with E-state index in [-0.39, 0.29) is 11.4 Å². The Bertz CT molecular complexity index is 497. The largest absolute Gasteiger partial charge is 0.335 e. The molecule has 0 aliphatic heterocycles. The zero-order valence-corrected chi connectivity index (χ0v) is 13.9. The highest BCUT2D eigenvalue weighted by molar-refractivity contribution is 5.89. The molecule has 3 heteroatoms. The fraction of sp³-hybridized carbons (Fsp3) is 0.611. The Morgan fingerprint density at radius 3 is 2.29 bits per heavy atom. The van der Waals surface area contributed by atoms with Crippen LogP contribution in [0.4, 0.5) is 10.5 Å². The van der Waals surface area contributed by atoms with Crippen molar-refractivity contribution in [2.24, 2.45) is 5.41 Å². The summed E-state index contributed by atoms with van der Waals surface area (Å²) >= 11 is 0. The lowest BCUT2D eigenvalue weighted by molar-refractivity contribution is 0.247. The molecule has 0 saturated heterocycles. The summed E-state index contributed by atoms with van der Waals surface area (Å²) in [7, 11) is 0. The number of hydrogen-bond acceptors (Lipinski definition) is 1. The van der Waals surface area contributed by atoms with Crippen molar-refractivity contribution in [3.8, 4) is 0 Å². The van der Waals surface area contributed by atoms with Crippen LogP contribution in [-0.2, 0) is 5.41 Å². The summed E-state index contributed by atoms with van der Waals surface area (Å²) in [5.74, 6) is 0. The molecule has 1 aliphatic rings. The van der Waals surface area contributed by atoms with Gasteiger partial charge in [-0.25, -0.2) is 4.79 Å². The summed E-state index contributed by atoms with van der Waals surface area (Å²) in [6.45, 7) is 11.1. The number of urea groups is 1. The molecule has 1 aromatic rings. The molecule has 116 valence electrons. The first kappa shape index (κ1) is 15.9. The monoisotopic (exact) mass is 288 g/mol. The van der Waals surface area contributed by atoms with Crippen LogP contribution in [-0.4, -0.2) is 12.1 Å². The maximum atomic E-state index is 12.0. The van der Waals surface area contributed by atoms with Gasteiger partial charge in [-0.2, -0.15) is 0 Å². The van der Waals surface area contributed by atoms with Gasteiger partial charge in [0.1, 0.15) is 0 Å². The quantitative estimate of drug-likeness (QED) is 0.814. The number of nitrogens with one attached hydrogen (secondary N) is 2. The van der Waals surface area contributed by atoms with E-state index < -0.39 is 0 Å². The van der Waals surface area contributed by atoms with E-state index in [1.54, 1.807) is 0 Å². The molecule has 1 aromatic carbocycles. The second kappa shape index (κ2) is 5.70. The Hall–Kier alpha value is -1.51. The minimum atomic E-state index is -0.0961. The fourth-order valence-electron chi connectivity index (χ4n) is 2.97. The zero-order chi connectivity index (χ0) is 15.7. The van der Waals surface area contributed by atoms with Crippen molar-refractivity contribution in [3.05, 3.63) is 29.8 Å². The van der Waals surface area contributed by atoms with E-state index in [9.17, 15) is 4.79 Å². The van der Waals surface area contributed by atoms with Crippen LogP contribution in [0, 0.1) is 5.41 Å². The number of rotatable bonds is 2. The predicted molar refractivity (Wildman–Crippen MR) is 88.7 cm³/mol. The summed E-state index contributed by atoms with van der Waals surface area (Å²) in [5.41, 5.74) is 2.60. The van der Waals surface area contributed by atoms with Crippen molar-refractivity contribution >= 4 is 11.7 Å². The molecule has 0 bridgehead atoms.